The number of carbonyl (C=O) groups excluding carboxylic acids is 1. The number of aromatic nitrogens is 2. The summed E-state index contributed by atoms with van der Waals surface area (Å²) >= 11 is 0. The third-order valence-electron chi connectivity index (χ3n) is 0.996. The Morgan fingerprint density at radius 3 is 3.09 bits per heavy atom. The van der Waals surface area contributed by atoms with E-state index in [0.29, 0.717) is 0 Å². The van der Waals surface area contributed by atoms with Gasteiger partial charge < -0.3 is 14.8 Å². The molecule has 0 saturated heterocycles. The first-order chi connectivity index (χ1) is 5.20. The van der Waals surface area contributed by atoms with Gasteiger partial charge in [-0.1, -0.05) is 0 Å². The summed E-state index contributed by atoms with van der Waals surface area (Å²) in [6.45, 7) is 1.36. The van der Waals surface area contributed by atoms with Gasteiger partial charge in [0.25, 0.3) is 0 Å². The van der Waals surface area contributed by atoms with Gasteiger partial charge in [0, 0.05) is 0 Å². The van der Waals surface area contributed by atoms with E-state index in [1.807, 2.05) is 0 Å². The maximum atomic E-state index is 10.9. The van der Waals surface area contributed by atoms with Crippen LogP contribution in [-0.4, -0.2) is 27.3 Å². The van der Waals surface area contributed by atoms with Crippen molar-refractivity contribution in [3.63, 3.8) is 0 Å². The highest BCUT2D eigenvalue weighted by Gasteiger charge is 2.09. The zero-order chi connectivity index (χ0) is 8.27. The lowest BCUT2D eigenvalue weighted by Crippen LogP contribution is -2.14. The van der Waals surface area contributed by atoms with Crippen LogP contribution in [0.2, 0.25) is 0 Å². The lowest BCUT2D eigenvalue weighted by Gasteiger charge is -2.03. The maximum Gasteiger partial charge on any atom is 0.358 e. The average molecular weight is 156 g/mol. The molecule has 11 heavy (non-hydrogen) atoms. The molecule has 5 heteroatoms. The number of ether oxygens (including phenoxy) is 1. The molecule has 0 aliphatic heterocycles. The molecule has 0 aliphatic rings. The molecule has 1 heterocycles. The summed E-state index contributed by atoms with van der Waals surface area (Å²) in [6, 6.07) is 0. The zero-order valence-corrected chi connectivity index (χ0v) is 5.94. The molecular weight excluding hydrogens is 148 g/mol. The molecule has 60 valence electrons. The summed E-state index contributed by atoms with van der Waals surface area (Å²) in [4.78, 5) is 17.0. The van der Waals surface area contributed by atoms with Gasteiger partial charge in [-0.15, -0.1) is 0 Å². The summed E-state index contributed by atoms with van der Waals surface area (Å²) in [5, 5.41) is 8.64. The smallest absolute Gasteiger partial charge is 0.358 e. The second kappa shape index (κ2) is 3.16. The van der Waals surface area contributed by atoms with Crippen LogP contribution in [0.15, 0.2) is 12.5 Å². The van der Waals surface area contributed by atoms with Crippen LogP contribution in [0.1, 0.15) is 17.4 Å². The summed E-state index contributed by atoms with van der Waals surface area (Å²) < 4.78 is 4.44. The number of carbonyl (C=O) groups is 1. The van der Waals surface area contributed by atoms with Crippen molar-refractivity contribution in [2.45, 2.75) is 13.2 Å². The van der Waals surface area contributed by atoms with E-state index < -0.39 is 12.3 Å². The van der Waals surface area contributed by atoms with Crippen molar-refractivity contribution in [2.75, 3.05) is 0 Å². The number of aliphatic hydroxyl groups is 1. The predicted octanol–water partition coefficient (Wildman–Crippen LogP) is -0.0952. The number of aliphatic hydroxyl groups excluding tert-OH is 1. The van der Waals surface area contributed by atoms with Gasteiger partial charge in [0.1, 0.15) is 5.69 Å². The van der Waals surface area contributed by atoms with Crippen LogP contribution in [0, 0.1) is 0 Å². The number of hydrogen-bond acceptors (Lipinski definition) is 4. The van der Waals surface area contributed by atoms with Gasteiger partial charge in [0.2, 0.25) is 0 Å². The highest BCUT2D eigenvalue weighted by molar-refractivity contribution is 5.86. The first-order valence-electron chi connectivity index (χ1n) is 3.07. The minimum absolute atomic E-state index is 0.228. The van der Waals surface area contributed by atoms with Gasteiger partial charge in [0.15, 0.2) is 6.29 Å². The first-order valence-corrected chi connectivity index (χ1v) is 3.07. The van der Waals surface area contributed by atoms with Gasteiger partial charge in [-0.2, -0.15) is 0 Å². The SMILES string of the molecule is CC(O)OC(=O)c1cnc[nH]1. The van der Waals surface area contributed by atoms with E-state index in [9.17, 15) is 4.79 Å². The summed E-state index contributed by atoms with van der Waals surface area (Å²) in [6.07, 6.45) is 1.59. The van der Waals surface area contributed by atoms with E-state index in [0.717, 1.165) is 0 Å². The Morgan fingerprint density at radius 1 is 1.91 bits per heavy atom. The molecule has 0 fully saturated rings. The second-order valence-corrected chi connectivity index (χ2v) is 1.97. The molecule has 0 aromatic carbocycles. The summed E-state index contributed by atoms with van der Waals surface area (Å²) in [7, 11) is 0. The van der Waals surface area contributed by atoms with E-state index in [1.54, 1.807) is 0 Å². The molecule has 0 bridgehead atoms. The van der Waals surface area contributed by atoms with Crippen LogP contribution in [-0.2, 0) is 4.74 Å². The number of nitrogens with one attached hydrogen (secondary N) is 1. The standard InChI is InChI=1S/C6H8N2O3/c1-4(9)11-6(10)5-2-7-3-8-5/h2-4,9H,1H3,(H,7,8). The van der Waals surface area contributed by atoms with Gasteiger partial charge in [-0.25, -0.2) is 9.78 Å². The molecule has 1 aromatic rings. The molecule has 0 saturated carbocycles. The van der Waals surface area contributed by atoms with E-state index in [1.165, 1.54) is 19.4 Å². The van der Waals surface area contributed by atoms with Crippen molar-refractivity contribution < 1.29 is 14.6 Å². The topological polar surface area (TPSA) is 75.2 Å². The lowest BCUT2D eigenvalue weighted by molar-refractivity contribution is -0.0527. The quantitative estimate of drug-likeness (QED) is 0.463. The van der Waals surface area contributed by atoms with E-state index in [2.05, 4.69) is 14.7 Å². The third-order valence-corrected chi connectivity index (χ3v) is 0.996. The largest absolute Gasteiger partial charge is 0.432 e. The molecule has 0 aliphatic carbocycles. The van der Waals surface area contributed by atoms with Crippen molar-refractivity contribution in [1.82, 2.24) is 9.97 Å². The number of H-pyrrole nitrogens is 1. The molecule has 1 aromatic heterocycles. The van der Waals surface area contributed by atoms with Gasteiger partial charge >= 0.3 is 5.97 Å². The zero-order valence-electron chi connectivity index (χ0n) is 5.94. The van der Waals surface area contributed by atoms with Gasteiger partial charge in [-0.05, 0) is 6.92 Å². The Hall–Kier alpha value is -1.36. The van der Waals surface area contributed by atoms with Gasteiger partial charge in [-0.3, -0.25) is 0 Å². The van der Waals surface area contributed by atoms with Crippen molar-refractivity contribution in [1.29, 1.82) is 0 Å². The van der Waals surface area contributed by atoms with Crippen LogP contribution in [0.25, 0.3) is 0 Å². The Morgan fingerprint density at radius 2 is 2.64 bits per heavy atom. The van der Waals surface area contributed by atoms with Crippen LogP contribution in [0.3, 0.4) is 0 Å². The molecule has 5 nitrogen and oxygen atoms in total. The average Bonchev–Trinajstić information content (AvgIpc) is 2.35. The molecule has 0 radical (unpaired) electrons. The van der Waals surface area contributed by atoms with Gasteiger partial charge in [0.05, 0.1) is 12.5 Å². The lowest BCUT2D eigenvalue weighted by atomic mass is 10.5. The minimum atomic E-state index is -1.09. The van der Waals surface area contributed by atoms with E-state index >= 15 is 0 Å². The van der Waals surface area contributed by atoms with Crippen molar-refractivity contribution in [3.05, 3.63) is 18.2 Å². The van der Waals surface area contributed by atoms with E-state index in [4.69, 9.17) is 5.11 Å². The molecular formula is C6H8N2O3. The van der Waals surface area contributed by atoms with Crippen LogP contribution >= 0.6 is 0 Å². The number of imidazole rings is 1. The highest BCUT2D eigenvalue weighted by atomic mass is 16.6. The van der Waals surface area contributed by atoms with Crippen molar-refractivity contribution in [2.24, 2.45) is 0 Å². The number of nitrogens with zero attached hydrogens (tertiary/aromatic N) is 1. The highest BCUT2D eigenvalue weighted by Crippen LogP contribution is 1.96. The first kappa shape index (κ1) is 7.74. The van der Waals surface area contributed by atoms with Crippen LogP contribution < -0.4 is 0 Å². The third kappa shape index (κ3) is 2.05. The normalized spacial score (nSPS) is 12.5. The fourth-order valence-corrected chi connectivity index (χ4v) is 0.586. The molecule has 0 spiro atoms. The summed E-state index contributed by atoms with van der Waals surface area (Å²) in [5.41, 5.74) is 0.228. The van der Waals surface area contributed by atoms with E-state index in [-0.39, 0.29) is 5.69 Å². The molecule has 2 N–H and O–H groups in total. The van der Waals surface area contributed by atoms with Crippen LogP contribution in [0.4, 0.5) is 0 Å². The Kier molecular flexibility index (Phi) is 2.22. The Balaban J connectivity index is 2.57. The number of esters is 1. The predicted molar refractivity (Wildman–Crippen MR) is 35.7 cm³/mol. The Bertz CT molecular complexity index is 230. The Labute approximate surface area is 63.0 Å². The molecule has 1 unspecified atom stereocenters. The van der Waals surface area contributed by atoms with Crippen LogP contribution in [0.5, 0.6) is 0 Å². The molecule has 0 amide bonds. The van der Waals surface area contributed by atoms with Crippen molar-refractivity contribution in [3.8, 4) is 0 Å². The fraction of sp³-hybridized carbons (Fsp3) is 0.333. The number of hydrogen-bond donors (Lipinski definition) is 2. The second-order valence-electron chi connectivity index (χ2n) is 1.97. The molecule has 1 rings (SSSR count). The minimum Gasteiger partial charge on any atom is -0.432 e. The van der Waals surface area contributed by atoms with Crippen molar-refractivity contribution >= 4 is 5.97 Å². The summed E-state index contributed by atoms with van der Waals surface area (Å²) in [5.74, 6) is -0.613. The maximum absolute atomic E-state index is 10.9. The number of aromatic amines is 1. The molecule has 1 atom stereocenters. The monoisotopic (exact) mass is 156 g/mol. The number of rotatable bonds is 2. The fourth-order valence-electron chi connectivity index (χ4n) is 0.586.